The van der Waals surface area contributed by atoms with Gasteiger partial charge in [-0.2, -0.15) is 0 Å². The fourth-order valence-electron chi connectivity index (χ4n) is 3.93. The van der Waals surface area contributed by atoms with Crippen molar-refractivity contribution < 1.29 is 4.74 Å². The fraction of sp³-hybridized carbons (Fsp3) is 0.667. The number of morpholine rings is 1. The third-order valence-electron chi connectivity index (χ3n) is 5.67. The number of nitrogens with one attached hydrogen (secondary N) is 2. The molecule has 0 bridgehead atoms. The van der Waals surface area contributed by atoms with Crippen LogP contribution >= 0.6 is 0 Å². The van der Waals surface area contributed by atoms with Crippen molar-refractivity contribution in [2.24, 2.45) is 16.8 Å². The van der Waals surface area contributed by atoms with E-state index >= 15 is 0 Å². The molecule has 2 N–H and O–H groups in total. The quantitative estimate of drug-likeness (QED) is 0.580. The van der Waals surface area contributed by atoms with Gasteiger partial charge in [-0.1, -0.05) is 44.2 Å². The van der Waals surface area contributed by atoms with Gasteiger partial charge in [-0.15, -0.1) is 0 Å². The van der Waals surface area contributed by atoms with Crippen LogP contribution in [0.1, 0.15) is 31.7 Å². The average Bonchev–Trinajstić information content (AvgIpc) is 3.45. The molecular weight excluding hydrogens is 324 g/mol. The maximum atomic E-state index is 5.50. The number of nitrogens with zero attached hydrogens (tertiary/aromatic N) is 2. The number of ether oxygens (including phenoxy) is 1. The molecule has 5 heteroatoms. The van der Waals surface area contributed by atoms with Crippen molar-refractivity contribution in [3.8, 4) is 0 Å². The molecule has 1 saturated carbocycles. The highest BCUT2D eigenvalue weighted by Crippen LogP contribution is 2.46. The molecule has 0 amide bonds. The van der Waals surface area contributed by atoms with Gasteiger partial charge in [0.1, 0.15) is 0 Å². The van der Waals surface area contributed by atoms with E-state index in [0.717, 1.165) is 51.3 Å². The molecule has 2 aliphatic rings. The maximum absolute atomic E-state index is 5.50. The Morgan fingerprint density at radius 2 is 1.92 bits per heavy atom. The number of hydrogen-bond acceptors (Lipinski definition) is 3. The summed E-state index contributed by atoms with van der Waals surface area (Å²) in [6.45, 7) is 10.2. The van der Waals surface area contributed by atoms with Crippen LogP contribution in [0.4, 0.5) is 0 Å². The lowest BCUT2D eigenvalue weighted by molar-refractivity contribution is 0.00752. The van der Waals surface area contributed by atoms with Crippen LogP contribution in [0.2, 0.25) is 0 Å². The second-order valence-electron chi connectivity index (χ2n) is 7.81. The standard InChI is InChI=1S/C21H34N4O/c1-16(2)20(25-9-11-26-12-10-25)15-24-21(22-3)23-14-18-13-19(18)17-7-5-4-6-8-17/h4-8,16,18-20H,9-15H2,1-3H3,(H2,22,23,24). The molecule has 1 aliphatic carbocycles. The molecule has 5 nitrogen and oxygen atoms in total. The Balaban J connectivity index is 1.43. The summed E-state index contributed by atoms with van der Waals surface area (Å²) in [5.74, 6) is 2.95. The largest absolute Gasteiger partial charge is 0.379 e. The number of guanidine groups is 1. The van der Waals surface area contributed by atoms with E-state index in [9.17, 15) is 0 Å². The topological polar surface area (TPSA) is 48.9 Å². The Morgan fingerprint density at radius 1 is 1.19 bits per heavy atom. The minimum Gasteiger partial charge on any atom is -0.379 e. The van der Waals surface area contributed by atoms with E-state index in [2.05, 4.69) is 64.7 Å². The monoisotopic (exact) mass is 358 g/mol. The zero-order valence-electron chi connectivity index (χ0n) is 16.4. The van der Waals surface area contributed by atoms with Gasteiger partial charge in [0.15, 0.2) is 5.96 Å². The first-order chi connectivity index (χ1) is 12.7. The summed E-state index contributed by atoms with van der Waals surface area (Å²) in [7, 11) is 1.86. The lowest BCUT2D eigenvalue weighted by atomic mass is 10.0. The van der Waals surface area contributed by atoms with E-state index in [0.29, 0.717) is 17.9 Å². The third kappa shape index (κ3) is 5.21. The van der Waals surface area contributed by atoms with Crippen LogP contribution in [0.25, 0.3) is 0 Å². The molecule has 1 heterocycles. The summed E-state index contributed by atoms with van der Waals surface area (Å²) in [5, 5.41) is 7.07. The van der Waals surface area contributed by atoms with Crippen molar-refractivity contribution in [1.29, 1.82) is 0 Å². The summed E-state index contributed by atoms with van der Waals surface area (Å²) < 4.78 is 5.50. The molecule has 1 aliphatic heterocycles. The molecular formula is C21H34N4O. The minimum atomic E-state index is 0.510. The number of benzene rings is 1. The molecule has 3 unspecified atom stereocenters. The molecule has 3 atom stereocenters. The molecule has 0 radical (unpaired) electrons. The zero-order valence-corrected chi connectivity index (χ0v) is 16.4. The van der Waals surface area contributed by atoms with Gasteiger partial charge in [-0.3, -0.25) is 9.89 Å². The SMILES string of the molecule is CN=C(NCC1CC1c1ccccc1)NCC(C(C)C)N1CCOCC1. The number of rotatable bonds is 7. The lowest BCUT2D eigenvalue weighted by Gasteiger charge is -2.37. The molecule has 144 valence electrons. The molecule has 1 aromatic rings. The van der Waals surface area contributed by atoms with E-state index in [1.165, 1.54) is 12.0 Å². The number of hydrogen-bond donors (Lipinski definition) is 2. The van der Waals surface area contributed by atoms with Crippen LogP contribution in [0.5, 0.6) is 0 Å². The van der Waals surface area contributed by atoms with Gasteiger partial charge in [0.2, 0.25) is 0 Å². The highest BCUT2D eigenvalue weighted by atomic mass is 16.5. The van der Waals surface area contributed by atoms with Crippen LogP contribution in [-0.4, -0.2) is 63.3 Å². The van der Waals surface area contributed by atoms with E-state index in [1.54, 1.807) is 0 Å². The summed E-state index contributed by atoms with van der Waals surface area (Å²) in [5.41, 5.74) is 1.47. The summed E-state index contributed by atoms with van der Waals surface area (Å²) >= 11 is 0. The van der Waals surface area contributed by atoms with E-state index in [-0.39, 0.29) is 0 Å². The van der Waals surface area contributed by atoms with Crippen molar-refractivity contribution in [3.05, 3.63) is 35.9 Å². The van der Waals surface area contributed by atoms with Crippen LogP contribution in [-0.2, 0) is 4.74 Å². The van der Waals surface area contributed by atoms with Crippen LogP contribution in [0.3, 0.4) is 0 Å². The fourth-order valence-corrected chi connectivity index (χ4v) is 3.93. The van der Waals surface area contributed by atoms with Gasteiger partial charge in [-0.05, 0) is 29.7 Å². The minimum absolute atomic E-state index is 0.510. The van der Waals surface area contributed by atoms with E-state index < -0.39 is 0 Å². The van der Waals surface area contributed by atoms with Gasteiger partial charge < -0.3 is 15.4 Å². The molecule has 1 aromatic carbocycles. The van der Waals surface area contributed by atoms with Crippen molar-refractivity contribution >= 4 is 5.96 Å². The molecule has 2 fully saturated rings. The van der Waals surface area contributed by atoms with Crippen molar-refractivity contribution in [2.75, 3.05) is 46.4 Å². The Labute approximate surface area is 158 Å². The van der Waals surface area contributed by atoms with E-state index in [4.69, 9.17) is 4.74 Å². The molecule has 0 aromatic heterocycles. The second kappa shape index (κ2) is 9.38. The van der Waals surface area contributed by atoms with Gasteiger partial charge >= 0.3 is 0 Å². The molecule has 0 spiro atoms. The van der Waals surface area contributed by atoms with Crippen LogP contribution in [0.15, 0.2) is 35.3 Å². The first-order valence-corrected chi connectivity index (χ1v) is 10.00. The zero-order chi connectivity index (χ0) is 18.4. The second-order valence-corrected chi connectivity index (χ2v) is 7.81. The van der Waals surface area contributed by atoms with Gasteiger partial charge in [-0.25, -0.2) is 0 Å². The van der Waals surface area contributed by atoms with E-state index in [1.807, 2.05) is 7.05 Å². The highest BCUT2D eigenvalue weighted by molar-refractivity contribution is 5.79. The normalized spacial score (nSPS) is 25.2. The Hall–Kier alpha value is -1.59. The van der Waals surface area contributed by atoms with Crippen molar-refractivity contribution in [3.63, 3.8) is 0 Å². The Kier molecular flexibility index (Phi) is 6.92. The number of aliphatic imine (C=N–C) groups is 1. The van der Waals surface area contributed by atoms with Crippen LogP contribution < -0.4 is 10.6 Å². The maximum Gasteiger partial charge on any atom is 0.191 e. The van der Waals surface area contributed by atoms with Crippen LogP contribution in [0, 0.1) is 11.8 Å². The molecule has 26 heavy (non-hydrogen) atoms. The Bertz CT molecular complexity index is 569. The summed E-state index contributed by atoms with van der Waals surface area (Å²) in [4.78, 5) is 6.96. The Morgan fingerprint density at radius 3 is 2.58 bits per heavy atom. The predicted molar refractivity (Wildman–Crippen MR) is 108 cm³/mol. The predicted octanol–water partition coefficient (Wildman–Crippen LogP) is 2.31. The molecule has 1 saturated heterocycles. The summed E-state index contributed by atoms with van der Waals surface area (Å²) in [6, 6.07) is 11.4. The summed E-state index contributed by atoms with van der Waals surface area (Å²) in [6.07, 6.45) is 1.27. The first-order valence-electron chi connectivity index (χ1n) is 10.00. The lowest BCUT2D eigenvalue weighted by Crippen LogP contribution is -2.52. The van der Waals surface area contributed by atoms with Gasteiger partial charge in [0.25, 0.3) is 0 Å². The average molecular weight is 359 g/mol. The van der Waals surface area contributed by atoms with Crippen molar-refractivity contribution in [1.82, 2.24) is 15.5 Å². The first kappa shape index (κ1) is 19.2. The van der Waals surface area contributed by atoms with Crippen molar-refractivity contribution in [2.45, 2.75) is 32.2 Å². The van der Waals surface area contributed by atoms with Gasteiger partial charge in [0.05, 0.1) is 13.2 Å². The highest BCUT2D eigenvalue weighted by Gasteiger charge is 2.37. The van der Waals surface area contributed by atoms with Gasteiger partial charge in [0, 0.05) is 39.3 Å². The third-order valence-corrected chi connectivity index (χ3v) is 5.67. The smallest absolute Gasteiger partial charge is 0.191 e. The molecule has 3 rings (SSSR count).